The fourth-order valence-corrected chi connectivity index (χ4v) is 4.38. The van der Waals surface area contributed by atoms with Gasteiger partial charge in [0, 0.05) is 36.7 Å². The molecule has 3 amide bonds. The zero-order valence-corrected chi connectivity index (χ0v) is 20.6. The number of nitrogens with zero attached hydrogens (tertiary/aromatic N) is 1. The van der Waals surface area contributed by atoms with Gasteiger partial charge in [-0.15, -0.1) is 0 Å². The number of benzene rings is 3. The van der Waals surface area contributed by atoms with Crippen molar-refractivity contribution in [3.05, 3.63) is 89.0 Å². The molecule has 6 heteroatoms. The molecule has 182 valence electrons. The summed E-state index contributed by atoms with van der Waals surface area (Å²) in [5, 5.41) is 8.82. The number of rotatable bonds is 7. The van der Waals surface area contributed by atoms with E-state index in [0.717, 1.165) is 49.3 Å². The van der Waals surface area contributed by atoms with Crippen LogP contribution in [-0.2, 0) is 6.42 Å². The third-order valence-electron chi connectivity index (χ3n) is 6.50. The fraction of sp³-hybridized carbons (Fsp3) is 0.310. The van der Waals surface area contributed by atoms with Crippen molar-refractivity contribution in [2.75, 3.05) is 35.2 Å². The van der Waals surface area contributed by atoms with Crippen molar-refractivity contribution >= 4 is 29.0 Å². The lowest BCUT2D eigenvalue weighted by molar-refractivity contribution is 0.0954. The lowest BCUT2D eigenvalue weighted by Crippen LogP contribution is -2.33. The molecule has 0 spiro atoms. The van der Waals surface area contributed by atoms with Crippen LogP contribution >= 0.6 is 0 Å². The van der Waals surface area contributed by atoms with Crippen molar-refractivity contribution < 1.29 is 9.59 Å². The van der Waals surface area contributed by atoms with E-state index in [2.05, 4.69) is 33.0 Å². The highest BCUT2D eigenvalue weighted by molar-refractivity contribution is 6.04. The van der Waals surface area contributed by atoms with Gasteiger partial charge in [0.05, 0.1) is 5.56 Å². The fourth-order valence-electron chi connectivity index (χ4n) is 4.38. The lowest BCUT2D eigenvalue weighted by atomic mass is 10.1. The molecule has 1 heterocycles. The minimum absolute atomic E-state index is 0.125. The van der Waals surface area contributed by atoms with Gasteiger partial charge in [-0.05, 0) is 86.6 Å². The lowest BCUT2D eigenvalue weighted by Gasteiger charge is -2.30. The average molecular weight is 471 g/mol. The molecule has 0 aliphatic carbocycles. The molecule has 35 heavy (non-hydrogen) atoms. The highest BCUT2D eigenvalue weighted by Gasteiger charge is 2.19. The van der Waals surface area contributed by atoms with Crippen LogP contribution in [0.25, 0.3) is 0 Å². The minimum Gasteiger partial charge on any atom is -0.371 e. The van der Waals surface area contributed by atoms with Gasteiger partial charge >= 0.3 is 6.03 Å². The minimum atomic E-state index is -0.339. The number of urea groups is 1. The summed E-state index contributed by atoms with van der Waals surface area (Å²) >= 11 is 0. The van der Waals surface area contributed by atoms with Gasteiger partial charge in [-0.1, -0.05) is 36.4 Å². The number of hydrogen-bond acceptors (Lipinski definition) is 3. The third-order valence-corrected chi connectivity index (χ3v) is 6.50. The van der Waals surface area contributed by atoms with Crippen molar-refractivity contribution in [2.45, 2.75) is 39.5 Å². The summed E-state index contributed by atoms with van der Waals surface area (Å²) in [5.74, 6) is -0.125. The van der Waals surface area contributed by atoms with E-state index in [1.807, 2.05) is 62.4 Å². The molecule has 0 bridgehead atoms. The van der Waals surface area contributed by atoms with Crippen LogP contribution in [0.4, 0.5) is 21.9 Å². The molecule has 3 aromatic rings. The molecule has 0 aromatic heterocycles. The maximum absolute atomic E-state index is 13.2. The van der Waals surface area contributed by atoms with Gasteiger partial charge in [0.2, 0.25) is 0 Å². The number of aryl methyl sites for hydroxylation is 2. The van der Waals surface area contributed by atoms with Crippen molar-refractivity contribution in [1.29, 1.82) is 0 Å². The van der Waals surface area contributed by atoms with E-state index in [-0.39, 0.29) is 11.9 Å². The summed E-state index contributed by atoms with van der Waals surface area (Å²) in [4.78, 5) is 28.1. The topological polar surface area (TPSA) is 73.5 Å². The monoisotopic (exact) mass is 470 g/mol. The van der Waals surface area contributed by atoms with Crippen LogP contribution in [-0.4, -0.2) is 31.6 Å². The standard InChI is InChI=1S/C29H34N4O2/c1-21-11-12-24(19-22(21)2)31-29(35)32-25-13-14-27(33-17-7-4-8-18-33)26(20-25)28(34)30-16-15-23-9-5-3-6-10-23/h3,5-6,9-14,19-20H,4,7-8,15-18H2,1-2H3,(H,30,34)(H2,31,32,35). The Balaban J connectivity index is 1.47. The second-order valence-corrected chi connectivity index (χ2v) is 9.15. The summed E-state index contributed by atoms with van der Waals surface area (Å²) < 4.78 is 0. The predicted octanol–water partition coefficient (Wildman–Crippen LogP) is 5.91. The second-order valence-electron chi connectivity index (χ2n) is 9.15. The summed E-state index contributed by atoms with van der Waals surface area (Å²) in [6.45, 7) is 6.47. The first-order valence-corrected chi connectivity index (χ1v) is 12.4. The van der Waals surface area contributed by atoms with E-state index in [1.54, 1.807) is 6.07 Å². The summed E-state index contributed by atoms with van der Waals surface area (Å²) in [6, 6.07) is 21.2. The molecule has 6 nitrogen and oxygen atoms in total. The molecule has 1 aliphatic heterocycles. The van der Waals surface area contributed by atoms with Gasteiger partial charge in [0.1, 0.15) is 0 Å². The number of carbonyl (C=O) groups excluding carboxylic acids is 2. The van der Waals surface area contributed by atoms with Crippen LogP contribution in [0.3, 0.4) is 0 Å². The Labute approximate surface area is 207 Å². The first-order chi connectivity index (χ1) is 17.0. The smallest absolute Gasteiger partial charge is 0.323 e. The van der Waals surface area contributed by atoms with Crippen molar-refractivity contribution in [2.24, 2.45) is 0 Å². The summed E-state index contributed by atoms with van der Waals surface area (Å²) in [6.07, 6.45) is 4.22. The number of hydrogen-bond donors (Lipinski definition) is 3. The maximum atomic E-state index is 13.2. The second kappa shape index (κ2) is 11.6. The SMILES string of the molecule is Cc1ccc(NC(=O)Nc2ccc(N3CCCCC3)c(C(=O)NCCc3ccccc3)c2)cc1C. The molecule has 0 atom stereocenters. The molecule has 0 saturated carbocycles. The average Bonchev–Trinajstić information content (AvgIpc) is 2.87. The largest absolute Gasteiger partial charge is 0.371 e. The van der Waals surface area contributed by atoms with Crippen molar-refractivity contribution in [1.82, 2.24) is 5.32 Å². The van der Waals surface area contributed by atoms with Crippen LogP contribution < -0.4 is 20.9 Å². The van der Waals surface area contributed by atoms with Crippen molar-refractivity contribution in [3.8, 4) is 0 Å². The molecule has 1 saturated heterocycles. The van der Waals surface area contributed by atoms with Gasteiger partial charge < -0.3 is 20.9 Å². The Kier molecular flexibility index (Phi) is 8.03. The van der Waals surface area contributed by atoms with Gasteiger partial charge in [-0.3, -0.25) is 4.79 Å². The van der Waals surface area contributed by atoms with Crippen LogP contribution in [0, 0.1) is 13.8 Å². The highest BCUT2D eigenvalue weighted by Crippen LogP contribution is 2.27. The van der Waals surface area contributed by atoms with Crippen molar-refractivity contribution in [3.63, 3.8) is 0 Å². The number of nitrogens with one attached hydrogen (secondary N) is 3. The molecule has 0 radical (unpaired) electrons. The van der Waals surface area contributed by atoms with Gasteiger partial charge in [0.15, 0.2) is 0 Å². The molecule has 1 fully saturated rings. The normalized spacial score (nSPS) is 13.3. The quantitative estimate of drug-likeness (QED) is 0.402. The molecule has 3 aromatic carbocycles. The number of piperidine rings is 1. The number of anilines is 3. The Morgan fingerprint density at radius 3 is 2.20 bits per heavy atom. The molecule has 4 rings (SSSR count). The van der Waals surface area contributed by atoms with E-state index in [0.29, 0.717) is 17.8 Å². The summed E-state index contributed by atoms with van der Waals surface area (Å²) in [5.41, 5.74) is 6.29. The first-order valence-electron chi connectivity index (χ1n) is 12.4. The third kappa shape index (κ3) is 6.63. The Bertz CT molecular complexity index is 1170. The summed E-state index contributed by atoms with van der Waals surface area (Å²) in [7, 11) is 0. The molecule has 3 N–H and O–H groups in total. The molecular formula is C29H34N4O2. The van der Waals surface area contributed by atoms with E-state index in [4.69, 9.17) is 0 Å². The molecule has 1 aliphatic rings. The Hall–Kier alpha value is -3.80. The Morgan fingerprint density at radius 2 is 1.49 bits per heavy atom. The van der Waals surface area contributed by atoms with Crippen LogP contribution in [0.15, 0.2) is 66.7 Å². The number of carbonyl (C=O) groups is 2. The molecular weight excluding hydrogens is 436 g/mol. The van der Waals surface area contributed by atoms with E-state index in [1.165, 1.54) is 17.5 Å². The van der Waals surface area contributed by atoms with E-state index >= 15 is 0 Å². The highest BCUT2D eigenvalue weighted by atomic mass is 16.2. The van der Waals surface area contributed by atoms with E-state index in [9.17, 15) is 9.59 Å². The maximum Gasteiger partial charge on any atom is 0.323 e. The number of amides is 3. The first kappa shape index (κ1) is 24.3. The zero-order chi connectivity index (χ0) is 24.6. The molecule has 0 unspecified atom stereocenters. The Morgan fingerprint density at radius 1 is 0.800 bits per heavy atom. The van der Waals surface area contributed by atoms with Gasteiger partial charge in [-0.2, -0.15) is 0 Å². The van der Waals surface area contributed by atoms with Crippen LogP contribution in [0.5, 0.6) is 0 Å². The van der Waals surface area contributed by atoms with Gasteiger partial charge in [0.25, 0.3) is 5.91 Å². The van der Waals surface area contributed by atoms with Crippen LogP contribution in [0.2, 0.25) is 0 Å². The zero-order valence-electron chi connectivity index (χ0n) is 20.6. The predicted molar refractivity (Wildman–Crippen MR) is 144 cm³/mol. The van der Waals surface area contributed by atoms with E-state index < -0.39 is 0 Å². The van der Waals surface area contributed by atoms with Gasteiger partial charge in [-0.25, -0.2) is 4.79 Å². The van der Waals surface area contributed by atoms with Crippen LogP contribution in [0.1, 0.15) is 46.3 Å².